The molecular weight excluding hydrogens is 356 g/mol. The van der Waals surface area contributed by atoms with Crippen molar-refractivity contribution < 1.29 is 10.2 Å². The molecule has 2 nitrogen and oxygen atoms in total. The van der Waals surface area contributed by atoms with Gasteiger partial charge in [0, 0.05) is 6.42 Å². The molecule has 0 heterocycles. The zero-order chi connectivity index (χ0) is 21.2. The van der Waals surface area contributed by atoms with E-state index in [-0.39, 0.29) is 0 Å². The van der Waals surface area contributed by atoms with Gasteiger partial charge in [-0.15, -0.1) is 0 Å². The summed E-state index contributed by atoms with van der Waals surface area (Å²) in [6.45, 7) is 13.8. The molecular formula is C27H44O2. The first kappa shape index (κ1) is 22.8. The summed E-state index contributed by atoms with van der Waals surface area (Å²) in [5.41, 5.74) is 3.88. The van der Waals surface area contributed by atoms with Crippen molar-refractivity contribution >= 4 is 0 Å². The summed E-state index contributed by atoms with van der Waals surface area (Å²) in [5.74, 6) is 3.20. The molecule has 3 saturated carbocycles. The maximum absolute atomic E-state index is 10.1. The topological polar surface area (TPSA) is 40.5 Å². The Labute approximate surface area is 179 Å². The first-order chi connectivity index (χ1) is 13.7. The van der Waals surface area contributed by atoms with Crippen LogP contribution in [-0.2, 0) is 0 Å². The Morgan fingerprint density at radius 1 is 1.14 bits per heavy atom. The highest BCUT2D eigenvalue weighted by Crippen LogP contribution is 2.59. The van der Waals surface area contributed by atoms with E-state index < -0.39 is 12.2 Å². The van der Waals surface area contributed by atoms with Gasteiger partial charge in [0.25, 0.3) is 0 Å². The Morgan fingerprint density at radius 2 is 1.90 bits per heavy atom. The molecule has 0 bridgehead atoms. The van der Waals surface area contributed by atoms with E-state index in [1.807, 2.05) is 0 Å². The van der Waals surface area contributed by atoms with E-state index >= 15 is 0 Å². The average molecular weight is 401 g/mol. The summed E-state index contributed by atoms with van der Waals surface area (Å²) in [6, 6.07) is 0. The molecule has 2 N–H and O–H groups in total. The highest BCUT2D eigenvalue weighted by Gasteiger charge is 2.50. The fraction of sp³-hybridized carbons (Fsp3) is 0.778. The Kier molecular flexibility index (Phi) is 7.49. The van der Waals surface area contributed by atoms with Crippen molar-refractivity contribution in [2.45, 2.75) is 104 Å². The molecule has 3 aliphatic rings. The average Bonchev–Trinajstić information content (AvgIpc) is 3.00. The Balaban J connectivity index is 1.71. The van der Waals surface area contributed by atoms with E-state index in [1.165, 1.54) is 51.4 Å². The van der Waals surface area contributed by atoms with Crippen LogP contribution < -0.4 is 0 Å². The van der Waals surface area contributed by atoms with Crippen molar-refractivity contribution in [3.8, 4) is 0 Å². The van der Waals surface area contributed by atoms with E-state index in [9.17, 15) is 10.2 Å². The summed E-state index contributed by atoms with van der Waals surface area (Å²) in [4.78, 5) is 0. The summed E-state index contributed by atoms with van der Waals surface area (Å²) in [7, 11) is 0. The molecule has 0 aliphatic heterocycles. The number of rotatable bonds is 6. The fourth-order valence-corrected chi connectivity index (χ4v) is 6.73. The quantitative estimate of drug-likeness (QED) is 0.528. The van der Waals surface area contributed by atoms with E-state index in [2.05, 4.69) is 46.4 Å². The molecule has 0 amide bonds. The molecule has 0 aromatic heterocycles. The van der Waals surface area contributed by atoms with Gasteiger partial charge >= 0.3 is 0 Å². The van der Waals surface area contributed by atoms with Gasteiger partial charge in [-0.25, -0.2) is 0 Å². The largest absolute Gasteiger partial charge is 0.393 e. The van der Waals surface area contributed by atoms with E-state index in [0.717, 1.165) is 28.9 Å². The zero-order valence-electron chi connectivity index (χ0n) is 19.3. The van der Waals surface area contributed by atoms with Gasteiger partial charge in [0.2, 0.25) is 0 Å². The smallest absolute Gasteiger partial charge is 0.0811 e. The van der Waals surface area contributed by atoms with Crippen molar-refractivity contribution in [2.75, 3.05) is 0 Å². The zero-order valence-corrected chi connectivity index (χ0v) is 19.3. The van der Waals surface area contributed by atoms with E-state index in [0.29, 0.717) is 24.2 Å². The third-order valence-corrected chi connectivity index (χ3v) is 8.43. The van der Waals surface area contributed by atoms with Gasteiger partial charge in [-0.05, 0) is 78.8 Å². The van der Waals surface area contributed by atoms with Crippen molar-refractivity contribution in [3.63, 3.8) is 0 Å². The number of allylic oxidation sites excluding steroid dienone is 3. The van der Waals surface area contributed by atoms with Crippen LogP contribution in [0.15, 0.2) is 35.5 Å². The highest BCUT2D eigenvalue weighted by atomic mass is 16.3. The van der Waals surface area contributed by atoms with Crippen molar-refractivity contribution in [1.82, 2.24) is 0 Å². The Morgan fingerprint density at radius 3 is 2.62 bits per heavy atom. The first-order valence-electron chi connectivity index (χ1n) is 12.2. The monoisotopic (exact) mass is 400 g/mol. The van der Waals surface area contributed by atoms with Gasteiger partial charge in [-0.3, -0.25) is 0 Å². The lowest BCUT2D eigenvalue weighted by Crippen LogP contribution is -2.36. The second kappa shape index (κ2) is 9.52. The minimum atomic E-state index is -0.595. The van der Waals surface area contributed by atoms with Crippen molar-refractivity contribution in [3.05, 3.63) is 35.5 Å². The van der Waals surface area contributed by atoms with Crippen LogP contribution in [0.1, 0.15) is 91.9 Å². The predicted octanol–water partition coefficient (Wildman–Crippen LogP) is 6.59. The highest BCUT2D eigenvalue weighted by molar-refractivity contribution is 5.38. The molecule has 0 unspecified atom stereocenters. The second-order valence-electron chi connectivity index (χ2n) is 11.0. The van der Waals surface area contributed by atoms with Crippen LogP contribution >= 0.6 is 0 Å². The molecule has 0 aromatic carbocycles. The number of hydrogen-bond acceptors (Lipinski definition) is 2. The van der Waals surface area contributed by atoms with Crippen LogP contribution in [0.25, 0.3) is 0 Å². The molecule has 0 aromatic rings. The molecule has 2 heteroatoms. The Bertz CT molecular complexity index is 643. The molecule has 29 heavy (non-hydrogen) atoms. The molecule has 3 aliphatic carbocycles. The van der Waals surface area contributed by atoms with Gasteiger partial charge in [0.15, 0.2) is 0 Å². The van der Waals surface area contributed by atoms with Gasteiger partial charge in [-0.1, -0.05) is 71.3 Å². The molecule has 0 radical (unpaired) electrons. The maximum Gasteiger partial charge on any atom is 0.0811 e. The third kappa shape index (κ3) is 5.07. The van der Waals surface area contributed by atoms with Gasteiger partial charge in [-0.2, -0.15) is 0 Å². The molecule has 0 spiro atoms. The summed E-state index contributed by atoms with van der Waals surface area (Å²) >= 11 is 0. The number of fused-ring (bicyclic) bond motifs is 1. The van der Waals surface area contributed by atoms with Crippen LogP contribution in [0.4, 0.5) is 0 Å². The standard InChI is InChI=1S/C27H44O2/c1-18(2)8-6-9-19(3)24-13-14-25-21(10-7-15-27(24,25)5)11-12-22-16-23(28)17-26(29)20(22)4/h11-12,18-19,23-26,28-29H,4,6-10,13-17H2,1-3,5H3/b21-11+,22-12-/t19-,23+,24+,25+,26-,27+/m0/s1. The maximum atomic E-state index is 10.1. The van der Waals surface area contributed by atoms with Crippen molar-refractivity contribution in [2.24, 2.45) is 29.1 Å². The lowest BCUT2D eigenvalue weighted by molar-refractivity contribution is 0.0861. The van der Waals surface area contributed by atoms with Gasteiger partial charge < -0.3 is 10.2 Å². The lowest BCUT2D eigenvalue weighted by Gasteiger charge is -2.44. The number of hydrogen-bond donors (Lipinski definition) is 2. The van der Waals surface area contributed by atoms with Crippen LogP contribution in [0.5, 0.6) is 0 Å². The molecule has 3 rings (SSSR count). The minimum absolute atomic E-state index is 0.420. The Hall–Kier alpha value is -0.860. The molecule has 6 atom stereocenters. The predicted molar refractivity (Wildman–Crippen MR) is 123 cm³/mol. The van der Waals surface area contributed by atoms with E-state index in [1.54, 1.807) is 5.57 Å². The van der Waals surface area contributed by atoms with Crippen molar-refractivity contribution in [1.29, 1.82) is 0 Å². The number of aliphatic hydroxyl groups excluding tert-OH is 2. The van der Waals surface area contributed by atoms with Crippen LogP contribution in [-0.4, -0.2) is 22.4 Å². The second-order valence-corrected chi connectivity index (χ2v) is 11.0. The molecule has 3 fully saturated rings. The normalized spacial score (nSPS) is 39.3. The SMILES string of the molecule is C=C1/C(=C\C=C2/CCC[C@@]3(C)[C@@H]2CC[C@@H]3[C@@H](C)CCCC(C)C)C[C@@H](O)C[C@@H]1O. The third-order valence-electron chi connectivity index (χ3n) is 8.43. The minimum Gasteiger partial charge on any atom is -0.393 e. The van der Waals surface area contributed by atoms with Gasteiger partial charge in [0.1, 0.15) is 0 Å². The lowest BCUT2D eigenvalue weighted by atomic mass is 9.60. The molecule has 0 saturated heterocycles. The van der Waals surface area contributed by atoms with Gasteiger partial charge in [0.05, 0.1) is 12.2 Å². The van der Waals surface area contributed by atoms with Crippen LogP contribution in [0.2, 0.25) is 0 Å². The summed E-state index contributed by atoms with van der Waals surface area (Å²) < 4.78 is 0. The number of aliphatic hydroxyl groups is 2. The van der Waals surface area contributed by atoms with Crippen LogP contribution in [0.3, 0.4) is 0 Å². The van der Waals surface area contributed by atoms with Crippen LogP contribution in [0, 0.1) is 29.1 Å². The summed E-state index contributed by atoms with van der Waals surface area (Å²) in [5, 5.41) is 20.2. The fourth-order valence-electron chi connectivity index (χ4n) is 6.73. The molecule has 164 valence electrons. The first-order valence-corrected chi connectivity index (χ1v) is 12.2. The summed E-state index contributed by atoms with van der Waals surface area (Å²) in [6.07, 6.45) is 15.2. The van der Waals surface area contributed by atoms with E-state index in [4.69, 9.17) is 0 Å².